The highest BCUT2D eigenvalue weighted by atomic mass is 16.5. The third-order valence-electron chi connectivity index (χ3n) is 5.06. The van der Waals surface area contributed by atoms with E-state index in [2.05, 4.69) is 37.9 Å². The zero-order valence-electron chi connectivity index (χ0n) is 17.0. The standard InChI is InChI=1S/C24H33NO2/c1-4-6-7-8-9-20-11-16-23(25-18-20)21-12-14-22(15-13-21)27-24(26)17-10-19(3)5-2/h11-16,18-19H,4-10,17H2,1-3H3. The van der Waals surface area contributed by atoms with Crippen molar-refractivity contribution in [2.45, 2.75) is 72.1 Å². The van der Waals surface area contributed by atoms with Crippen molar-refractivity contribution < 1.29 is 9.53 Å². The lowest BCUT2D eigenvalue weighted by Gasteiger charge is -2.09. The number of carbonyl (C=O) groups is 1. The van der Waals surface area contributed by atoms with Crippen molar-refractivity contribution in [1.82, 2.24) is 4.98 Å². The number of hydrogen-bond acceptors (Lipinski definition) is 3. The normalized spacial score (nSPS) is 12.0. The first-order valence-corrected chi connectivity index (χ1v) is 10.4. The van der Waals surface area contributed by atoms with E-state index in [1.54, 1.807) is 0 Å². The monoisotopic (exact) mass is 367 g/mol. The molecule has 0 aliphatic heterocycles. The summed E-state index contributed by atoms with van der Waals surface area (Å²) in [6.07, 6.45) is 10.6. The molecule has 1 aromatic carbocycles. The molecule has 2 rings (SSSR count). The van der Waals surface area contributed by atoms with Crippen LogP contribution in [-0.4, -0.2) is 11.0 Å². The maximum atomic E-state index is 11.9. The lowest BCUT2D eigenvalue weighted by atomic mass is 10.0. The van der Waals surface area contributed by atoms with Crippen LogP contribution in [-0.2, 0) is 11.2 Å². The molecular formula is C24H33NO2. The van der Waals surface area contributed by atoms with Gasteiger partial charge < -0.3 is 4.74 Å². The molecular weight excluding hydrogens is 334 g/mol. The number of aromatic nitrogens is 1. The summed E-state index contributed by atoms with van der Waals surface area (Å²) < 4.78 is 5.42. The minimum atomic E-state index is -0.159. The Labute approximate surface area is 164 Å². The number of ether oxygens (including phenoxy) is 1. The molecule has 0 aliphatic carbocycles. The lowest BCUT2D eigenvalue weighted by molar-refractivity contribution is -0.134. The average molecular weight is 368 g/mol. The molecule has 0 bridgehead atoms. The first-order chi connectivity index (χ1) is 13.1. The van der Waals surface area contributed by atoms with Crippen LogP contribution in [0, 0.1) is 5.92 Å². The van der Waals surface area contributed by atoms with Crippen molar-refractivity contribution in [3.8, 4) is 17.0 Å². The van der Waals surface area contributed by atoms with E-state index in [-0.39, 0.29) is 5.97 Å². The molecule has 2 aromatic rings. The van der Waals surface area contributed by atoms with Crippen molar-refractivity contribution in [3.05, 3.63) is 48.2 Å². The van der Waals surface area contributed by atoms with Crippen molar-refractivity contribution in [1.29, 1.82) is 0 Å². The minimum absolute atomic E-state index is 0.159. The topological polar surface area (TPSA) is 39.2 Å². The number of benzene rings is 1. The molecule has 0 spiro atoms. The summed E-state index contributed by atoms with van der Waals surface area (Å²) >= 11 is 0. The molecule has 0 saturated carbocycles. The van der Waals surface area contributed by atoms with Gasteiger partial charge in [-0.3, -0.25) is 9.78 Å². The van der Waals surface area contributed by atoms with Gasteiger partial charge in [0.2, 0.25) is 0 Å². The molecule has 0 radical (unpaired) electrons. The quantitative estimate of drug-likeness (QED) is 0.255. The minimum Gasteiger partial charge on any atom is -0.427 e. The van der Waals surface area contributed by atoms with Crippen molar-refractivity contribution in [3.63, 3.8) is 0 Å². The summed E-state index contributed by atoms with van der Waals surface area (Å²) in [6.45, 7) is 6.53. The summed E-state index contributed by atoms with van der Waals surface area (Å²) in [4.78, 5) is 16.5. The second-order valence-electron chi connectivity index (χ2n) is 7.41. The zero-order valence-corrected chi connectivity index (χ0v) is 17.0. The van der Waals surface area contributed by atoms with E-state index in [1.807, 2.05) is 30.5 Å². The fraction of sp³-hybridized carbons (Fsp3) is 0.500. The average Bonchev–Trinajstić information content (AvgIpc) is 2.70. The van der Waals surface area contributed by atoms with Crippen LogP contribution in [0.15, 0.2) is 42.6 Å². The highest BCUT2D eigenvalue weighted by Gasteiger charge is 2.08. The van der Waals surface area contributed by atoms with Gasteiger partial charge in [0, 0.05) is 18.2 Å². The lowest BCUT2D eigenvalue weighted by Crippen LogP contribution is -2.09. The van der Waals surface area contributed by atoms with Crippen LogP contribution in [0.25, 0.3) is 11.3 Å². The van der Waals surface area contributed by atoms with Crippen molar-refractivity contribution in [2.75, 3.05) is 0 Å². The van der Waals surface area contributed by atoms with Gasteiger partial charge in [-0.2, -0.15) is 0 Å². The largest absolute Gasteiger partial charge is 0.427 e. The summed E-state index contributed by atoms with van der Waals surface area (Å²) in [6, 6.07) is 11.8. The van der Waals surface area contributed by atoms with Gasteiger partial charge in [-0.15, -0.1) is 0 Å². The molecule has 1 atom stereocenters. The van der Waals surface area contributed by atoms with Gasteiger partial charge in [0.1, 0.15) is 5.75 Å². The first-order valence-electron chi connectivity index (χ1n) is 10.4. The van der Waals surface area contributed by atoms with Crippen LogP contribution in [0.3, 0.4) is 0 Å². The molecule has 0 saturated heterocycles. The number of esters is 1. The van der Waals surface area contributed by atoms with E-state index in [1.165, 1.54) is 31.2 Å². The number of rotatable bonds is 11. The van der Waals surface area contributed by atoms with Gasteiger partial charge in [0.05, 0.1) is 5.69 Å². The maximum absolute atomic E-state index is 11.9. The Morgan fingerprint density at radius 2 is 1.81 bits per heavy atom. The summed E-state index contributed by atoms with van der Waals surface area (Å²) in [5.74, 6) is 0.995. The fourth-order valence-electron chi connectivity index (χ4n) is 2.94. The Hall–Kier alpha value is -2.16. The van der Waals surface area contributed by atoms with E-state index in [9.17, 15) is 4.79 Å². The molecule has 1 aromatic heterocycles. The van der Waals surface area contributed by atoms with Crippen LogP contribution in [0.5, 0.6) is 5.75 Å². The number of carbonyl (C=O) groups excluding carboxylic acids is 1. The number of pyridine rings is 1. The van der Waals surface area contributed by atoms with E-state index in [0.717, 1.165) is 30.5 Å². The maximum Gasteiger partial charge on any atom is 0.311 e. The number of nitrogens with zero attached hydrogens (tertiary/aromatic N) is 1. The first kappa shape index (κ1) is 21.1. The molecule has 3 heteroatoms. The van der Waals surface area contributed by atoms with Gasteiger partial charge in [0.15, 0.2) is 0 Å². The predicted octanol–water partition coefficient (Wildman–Crippen LogP) is 6.60. The Kier molecular flexibility index (Phi) is 9.03. The smallest absolute Gasteiger partial charge is 0.311 e. The molecule has 0 fully saturated rings. The highest BCUT2D eigenvalue weighted by Crippen LogP contribution is 2.22. The van der Waals surface area contributed by atoms with Crippen LogP contribution in [0.1, 0.15) is 71.3 Å². The fourth-order valence-corrected chi connectivity index (χ4v) is 2.94. The Balaban J connectivity index is 1.86. The highest BCUT2D eigenvalue weighted by molar-refractivity contribution is 5.72. The van der Waals surface area contributed by atoms with E-state index < -0.39 is 0 Å². The molecule has 27 heavy (non-hydrogen) atoms. The molecule has 0 aliphatic rings. The van der Waals surface area contributed by atoms with Crippen LogP contribution in [0.2, 0.25) is 0 Å². The van der Waals surface area contributed by atoms with Crippen LogP contribution in [0.4, 0.5) is 0 Å². The molecule has 0 N–H and O–H groups in total. The number of unbranched alkanes of at least 4 members (excludes halogenated alkanes) is 3. The summed E-state index contributed by atoms with van der Waals surface area (Å²) in [5, 5.41) is 0. The van der Waals surface area contributed by atoms with Gasteiger partial charge in [0.25, 0.3) is 0 Å². The third-order valence-corrected chi connectivity index (χ3v) is 5.06. The molecule has 146 valence electrons. The van der Waals surface area contributed by atoms with Gasteiger partial charge in [-0.1, -0.05) is 52.5 Å². The van der Waals surface area contributed by atoms with E-state index in [4.69, 9.17) is 4.74 Å². The summed E-state index contributed by atoms with van der Waals surface area (Å²) in [5.41, 5.74) is 3.27. The van der Waals surface area contributed by atoms with Crippen molar-refractivity contribution in [2.24, 2.45) is 5.92 Å². The van der Waals surface area contributed by atoms with Gasteiger partial charge in [-0.05, 0) is 61.1 Å². The third kappa shape index (κ3) is 7.54. The van der Waals surface area contributed by atoms with E-state index in [0.29, 0.717) is 18.1 Å². The zero-order chi connectivity index (χ0) is 19.5. The molecule has 1 heterocycles. The Morgan fingerprint density at radius 1 is 1.04 bits per heavy atom. The molecule has 3 nitrogen and oxygen atoms in total. The number of hydrogen-bond donors (Lipinski definition) is 0. The van der Waals surface area contributed by atoms with Gasteiger partial charge >= 0.3 is 5.97 Å². The van der Waals surface area contributed by atoms with Crippen molar-refractivity contribution >= 4 is 5.97 Å². The molecule has 1 unspecified atom stereocenters. The van der Waals surface area contributed by atoms with Crippen LogP contribution >= 0.6 is 0 Å². The second kappa shape index (κ2) is 11.5. The van der Waals surface area contributed by atoms with Crippen LogP contribution < -0.4 is 4.74 Å². The summed E-state index contributed by atoms with van der Waals surface area (Å²) in [7, 11) is 0. The second-order valence-corrected chi connectivity index (χ2v) is 7.41. The Bertz CT molecular complexity index is 677. The number of aryl methyl sites for hydroxylation is 1. The Morgan fingerprint density at radius 3 is 2.44 bits per heavy atom. The van der Waals surface area contributed by atoms with E-state index >= 15 is 0 Å². The SMILES string of the molecule is CCCCCCc1ccc(-c2ccc(OC(=O)CCC(C)CC)cc2)nc1. The molecule has 0 amide bonds. The van der Waals surface area contributed by atoms with Gasteiger partial charge in [-0.25, -0.2) is 0 Å². The predicted molar refractivity (Wildman–Crippen MR) is 112 cm³/mol.